The summed E-state index contributed by atoms with van der Waals surface area (Å²) in [5.74, 6) is 0.525. The number of halogens is 2. The number of carbonyl (C=O) groups is 1. The molecule has 0 radical (unpaired) electrons. The van der Waals surface area contributed by atoms with Crippen LogP contribution in [-0.4, -0.2) is 73.6 Å². The van der Waals surface area contributed by atoms with Crippen LogP contribution in [0.2, 0.25) is 0 Å². The molecule has 31 heavy (non-hydrogen) atoms. The largest absolute Gasteiger partial charge is 0.352 e. The van der Waals surface area contributed by atoms with Gasteiger partial charge in [0.2, 0.25) is 5.91 Å². The fourth-order valence-corrected chi connectivity index (χ4v) is 5.28. The highest BCUT2D eigenvalue weighted by atomic mass is 35.5. The minimum atomic E-state index is 0. The molecule has 0 spiro atoms. The van der Waals surface area contributed by atoms with E-state index in [-0.39, 0.29) is 30.7 Å². The number of amides is 1. The molecule has 0 aliphatic carbocycles. The van der Waals surface area contributed by atoms with E-state index in [4.69, 9.17) is 0 Å². The lowest BCUT2D eigenvalue weighted by Crippen LogP contribution is -2.50. The average Bonchev–Trinajstić information content (AvgIpc) is 3.28. The van der Waals surface area contributed by atoms with Gasteiger partial charge in [-0.15, -0.1) is 24.8 Å². The molecule has 2 N–H and O–H groups in total. The van der Waals surface area contributed by atoms with Crippen molar-refractivity contribution in [3.05, 3.63) is 35.9 Å². The Labute approximate surface area is 200 Å². The van der Waals surface area contributed by atoms with E-state index >= 15 is 0 Å². The average molecular weight is 472 g/mol. The molecular weight excluding hydrogens is 431 g/mol. The summed E-state index contributed by atoms with van der Waals surface area (Å²) in [6, 6.07) is 11.9. The number of benzene rings is 1. The predicted octanol–water partition coefficient (Wildman–Crippen LogP) is 3.12. The van der Waals surface area contributed by atoms with E-state index in [0.29, 0.717) is 11.9 Å². The molecule has 3 aliphatic heterocycles. The molecule has 4 rings (SSSR count). The third-order valence-corrected chi connectivity index (χ3v) is 7.16. The predicted molar refractivity (Wildman–Crippen MR) is 132 cm³/mol. The highest BCUT2D eigenvalue weighted by Crippen LogP contribution is 2.24. The topological polar surface area (TPSA) is 47.6 Å². The molecular formula is C24H40Cl2N4O. The van der Waals surface area contributed by atoms with Gasteiger partial charge in [-0.1, -0.05) is 30.3 Å². The molecule has 3 heterocycles. The van der Waals surface area contributed by atoms with Gasteiger partial charge < -0.3 is 20.4 Å². The van der Waals surface area contributed by atoms with Gasteiger partial charge in [-0.05, 0) is 89.8 Å². The number of carbonyl (C=O) groups excluding carboxylic acids is 1. The number of likely N-dealkylation sites (tertiary alicyclic amines) is 2. The summed E-state index contributed by atoms with van der Waals surface area (Å²) < 4.78 is 0. The molecule has 1 atom stereocenters. The first-order chi connectivity index (χ1) is 14.3. The van der Waals surface area contributed by atoms with Crippen molar-refractivity contribution < 1.29 is 4.79 Å². The lowest BCUT2D eigenvalue weighted by Gasteiger charge is -2.41. The molecule has 3 fully saturated rings. The maximum atomic E-state index is 12.5. The fraction of sp³-hybridized carbons (Fsp3) is 0.708. The smallest absolute Gasteiger partial charge is 0.223 e. The number of nitrogens with zero attached hydrogens (tertiary/aromatic N) is 2. The first-order valence-corrected chi connectivity index (χ1v) is 11.8. The molecule has 176 valence electrons. The van der Waals surface area contributed by atoms with Gasteiger partial charge in [-0.2, -0.15) is 0 Å². The highest BCUT2D eigenvalue weighted by Gasteiger charge is 2.31. The summed E-state index contributed by atoms with van der Waals surface area (Å²) in [5, 5.41) is 6.58. The van der Waals surface area contributed by atoms with E-state index in [2.05, 4.69) is 50.8 Å². The fourth-order valence-electron chi connectivity index (χ4n) is 5.28. The van der Waals surface area contributed by atoms with Gasteiger partial charge in [-0.3, -0.25) is 4.79 Å². The van der Waals surface area contributed by atoms with Gasteiger partial charge in [-0.25, -0.2) is 0 Å². The number of piperidine rings is 2. The maximum absolute atomic E-state index is 12.5. The number of aryl methyl sites for hydroxylation is 1. The lowest BCUT2D eigenvalue weighted by molar-refractivity contribution is -0.127. The lowest BCUT2D eigenvalue weighted by atomic mass is 9.92. The monoisotopic (exact) mass is 470 g/mol. The second kappa shape index (κ2) is 13.6. The van der Waals surface area contributed by atoms with Crippen LogP contribution in [0, 0.1) is 5.92 Å². The Kier molecular flexibility index (Phi) is 11.6. The Balaban J connectivity index is 0.00000171. The van der Waals surface area contributed by atoms with Crippen LogP contribution in [0.4, 0.5) is 0 Å². The SMILES string of the molecule is Cl.Cl.O=C(N[C@H]1CCNC1)C1CCN(C2CCN(CCCc3ccccc3)CC2)CC1. The summed E-state index contributed by atoms with van der Waals surface area (Å²) in [6.45, 7) is 7.85. The van der Waals surface area contributed by atoms with Crippen LogP contribution in [0.5, 0.6) is 0 Å². The molecule has 7 heteroatoms. The molecule has 5 nitrogen and oxygen atoms in total. The first-order valence-electron chi connectivity index (χ1n) is 11.8. The van der Waals surface area contributed by atoms with E-state index < -0.39 is 0 Å². The first kappa shape index (κ1) is 26.4. The van der Waals surface area contributed by atoms with Crippen LogP contribution in [-0.2, 0) is 11.2 Å². The molecule has 1 amide bonds. The minimum absolute atomic E-state index is 0. The van der Waals surface area contributed by atoms with E-state index in [1.54, 1.807) is 0 Å². The van der Waals surface area contributed by atoms with Crippen LogP contribution in [0.1, 0.15) is 44.1 Å². The van der Waals surface area contributed by atoms with Crippen molar-refractivity contribution in [3.63, 3.8) is 0 Å². The van der Waals surface area contributed by atoms with Crippen LogP contribution < -0.4 is 10.6 Å². The third-order valence-electron chi connectivity index (χ3n) is 7.16. The zero-order valence-corrected chi connectivity index (χ0v) is 20.3. The number of nitrogens with one attached hydrogen (secondary N) is 2. The third kappa shape index (κ3) is 7.90. The Hall–Kier alpha value is -0.850. The van der Waals surface area contributed by atoms with Crippen LogP contribution >= 0.6 is 24.8 Å². The van der Waals surface area contributed by atoms with E-state index in [1.165, 1.54) is 50.9 Å². The summed E-state index contributed by atoms with van der Waals surface area (Å²) in [4.78, 5) is 17.8. The molecule has 0 unspecified atom stereocenters. The second-order valence-corrected chi connectivity index (χ2v) is 9.17. The van der Waals surface area contributed by atoms with Gasteiger partial charge in [0.1, 0.15) is 0 Å². The normalized spacial score (nSPS) is 23.7. The van der Waals surface area contributed by atoms with Crippen molar-refractivity contribution >= 4 is 30.7 Å². The zero-order chi connectivity index (χ0) is 19.9. The standard InChI is InChI=1S/C24H38N4O.2ClH/c29-24(26-22-8-13-25-19-22)21-9-17-28(18-10-21)23-11-15-27(16-12-23)14-4-7-20-5-2-1-3-6-20;;/h1-3,5-6,21-23,25H,4,7-19H2,(H,26,29);2*1H/t22-;;/m0../s1. The van der Waals surface area contributed by atoms with Gasteiger partial charge in [0, 0.05) is 24.5 Å². The van der Waals surface area contributed by atoms with Crippen LogP contribution in [0.25, 0.3) is 0 Å². The van der Waals surface area contributed by atoms with Crippen molar-refractivity contribution in [2.75, 3.05) is 45.8 Å². The minimum Gasteiger partial charge on any atom is -0.352 e. The van der Waals surface area contributed by atoms with Crippen LogP contribution in [0.15, 0.2) is 30.3 Å². The van der Waals surface area contributed by atoms with Crippen molar-refractivity contribution in [1.82, 2.24) is 20.4 Å². The Morgan fingerprint density at radius 2 is 1.68 bits per heavy atom. The number of hydrogen-bond acceptors (Lipinski definition) is 4. The number of rotatable bonds is 7. The van der Waals surface area contributed by atoms with Crippen molar-refractivity contribution in [2.24, 2.45) is 5.92 Å². The summed E-state index contributed by atoms with van der Waals surface area (Å²) in [7, 11) is 0. The molecule has 0 bridgehead atoms. The van der Waals surface area contributed by atoms with Gasteiger partial charge in [0.05, 0.1) is 0 Å². The van der Waals surface area contributed by atoms with Gasteiger partial charge in [0.25, 0.3) is 0 Å². The quantitative estimate of drug-likeness (QED) is 0.642. The van der Waals surface area contributed by atoms with Crippen molar-refractivity contribution in [3.8, 4) is 0 Å². The molecule has 0 saturated carbocycles. The van der Waals surface area contributed by atoms with E-state index in [0.717, 1.165) is 51.5 Å². The molecule has 1 aromatic rings. The van der Waals surface area contributed by atoms with Crippen LogP contribution in [0.3, 0.4) is 0 Å². The summed E-state index contributed by atoms with van der Waals surface area (Å²) in [5.41, 5.74) is 1.46. The molecule has 0 aromatic heterocycles. The Bertz CT molecular complexity index is 626. The molecule has 3 aliphatic rings. The van der Waals surface area contributed by atoms with Crippen molar-refractivity contribution in [1.29, 1.82) is 0 Å². The number of hydrogen-bond donors (Lipinski definition) is 2. The van der Waals surface area contributed by atoms with E-state index in [9.17, 15) is 4.79 Å². The van der Waals surface area contributed by atoms with Crippen molar-refractivity contribution in [2.45, 2.75) is 57.0 Å². The summed E-state index contributed by atoms with van der Waals surface area (Å²) in [6.07, 6.45) is 8.16. The second-order valence-electron chi connectivity index (χ2n) is 9.17. The highest BCUT2D eigenvalue weighted by molar-refractivity contribution is 5.85. The Morgan fingerprint density at radius 1 is 0.968 bits per heavy atom. The Morgan fingerprint density at radius 3 is 2.32 bits per heavy atom. The van der Waals surface area contributed by atoms with Gasteiger partial charge in [0.15, 0.2) is 0 Å². The van der Waals surface area contributed by atoms with Gasteiger partial charge >= 0.3 is 0 Å². The maximum Gasteiger partial charge on any atom is 0.223 e. The van der Waals surface area contributed by atoms with E-state index in [1.807, 2.05) is 0 Å². The molecule has 1 aromatic carbocycles. The molecule has 3 saturated heterocycles. The zero-order valence-electron chi connectivity index (χ0n) is 18.6. The summed E-state index contributed by atoms with van der Waals surface area (Å²) >= 11 is 0.